The molecule has 5 nitrogen and oxygen atoms in total. The number of aliphatic imine (C=N–C) groups is 1. The number of nitrogens with one attached hydrogen (secondary N) is 1. The smallest absolute Gasteiger partial charge is 0.198 e. The van der Waals surface area contributed by atoms with Crippen LogP contribution in [0.3, 0.4) is 0 Å². The van der Waals surface area contributed by atoms with Crippen LogP contribution >= 0.6 is 0 Å². The van der Waals surface area contributed by atoms with Gasteiger partial charge < -0.3 is 20.7 Å². The zero-order valence-corrected chi connectivity index (χ0v) is 21.9. The van der Waals surface area contributed by atoms with Crippen LogP contribution in [0.5, 0.6) is 5.75 Å². The monoisotopic (exact) mass is 452 g/mol. The maximum absolute atomic E-state index is 6.01. The number of ether oxygens (including phenoxy) is 1. The molecule has 2 aromatic rings. The number of guanidine groups is 1. The number of hydrogen-bond donors (Lipinski definition) is 2. The van der Waals surface area contributed by atoms with E-state index in [0.29, 0.717) is 25.7 Å². The summed E-state index contributed by atoms with van der Waals surface area (Å²) in [6, 6.07) is 17.1. The van der Waals surface area contributed by atoms with Gasteiger partial charge in [-0.05, 0) is 73.5 Å². The lowest BCUT2D eigenvalue weighted by molar-refractivity contribution is 0.306. The molecule has 2 aromatic carbocycles. The lowest BCUT2D eigenvalue weighted by Gasteiger charge is -2.30. The fourth-order valence-corrected chi connectivity index (χ4v) is 3.35. The van der Waals surface area contributed by atoms with Crippen molar-refractivity contribution in [2.45, 2.75) is 73.5 Å². The maximum atomic E-state index is 6.01. The van der Waals surface area contributed by atoms with Gasteiger partial charge in [-0.3, -0.25) is 4.99 Å². The summed E-state index contributed by atoms with van der Waals surface area (Å²) in [6.45, 7) is 20.2. The number of rotatable bonds is 9. The third-order valence-corrected chi connectivity index (χ3v) is 5.78. The Morgan fingerprint density at radius 3 is 2.09 bits per heavy atom. The molecule has 0 aliphatic rings. The van der Waals surface area contributed by atoms with Crippen molar-refractivity contribution in [3.05, 3.63) is 59.7 Å². The lowest BCUT2D eigenvalue weighted by Crippen LogP contribution is -2.42. The summed E-state index contributed by atoms with van der Waals surface area (Å²) in [5.74, 6) is 1.72. The van der Waals surface area contributed by atoms with Gasteiger partial charge in [0.15, 0.2) is 5.96 Å². The Morgan fingerprint density at radius 2 is 1.61 bits per heavy atom. The van der Waals surface area contributed by atoms with Gasteiger partial charge in [0.25, 0.3) is 0 Å². The zero-order chi connectivity index (χ0) is 24.6. The van der Waals surface area contributed by atoms with Crippen molar-refractivity contribution < 1.29 is 4.74 Å². The molecule has 0 heterocycles. The molecule has 0 saturated heterocycles. The van der Waals surface area contributed by atoms with Crippen LogP contribution in [-0.2, 0) is 12.0 Å². The van der Waals surface area contributed by atoms with Gasteiger partial charge in [-0.25, -0.2) is 0 Å². The Bertz CT molecular complexity index is 878. The molecule has 2 rings (SSSR count). The van der Waals surface area contributed by atoms with Crippen molar-refractivity contribution in [2.75, 3.05) is 25.0 Å². The number of hydrogen-bond acceptors (Lipinski definition) is 3. The van der Waals surface area contributed by atoms with Crippen molar-refractivity contribution in [2.24, 2.45) is 16.1 Å². The quantitative estimate of drug-likeness (QED) is 0.359. The molecule has 0 bridgehead atoms. The van der Waals surface area contributed by atoms with Crippen LogP contribution < -0.4 is 15.8 Å². The van der Waals surface area contributed by atoms with Gasteiger partial charge in [-0.15, -0.1) is 0 Å². The van der Waals surface area contributed by atoms with E-state index in [-0.39, 0.29) is 10.8 Å². The molecule has 0 saturated carbocycles. The van der Waals surface area contributed by atoms with E-state index in [1.165, 1.54) is 5.56 Å². The number of nitrogens with zero attached hydrogens (tertiary/aromatic N) is 2. The van der Waals surface area contributed by atoms with Crippen LogP contribution in [0.4, 0.5) is 5.69 Å². The highest BCUT2D eigenvalue weighted by molar-refractivity contribution is 5.94. The summed E-state index contributed by atoms with van der Waals surface area (Å²) in [6.07, 6.45) is 0. The minimum atomic E-state index is -0.0356. The summed E-state index contributed by atoms with van der Waals surface area (Å²) >= 11 is 0. The van der Waals surface area contributed by atoms with Crippen LogP contribution in [0.25, 0.3) is 0 Å². The summed E-state index contributed by atoms with van der Waals surface area (Å²) in [7, 11) is 0. The second-order valence-electron chi connectivity index (χ2n) is 10.8. The number of nitrogens with two attached hydrogens (primary N) is 1. The Hall–Kier alpha value is -2.53. The molecule has 0 amide bonds. The molecule has 0 aromatic heterocycles. The van der Waals surface area contributed by atoms with E-state index in [9.17, 15) is 0 Å². The highest BCUT2D eigenvalue weighted by atomic mass is 16.5. The summed E-state index contributed by atoms with van der Waals surface area (Å²) in [5, 5.41) is 3.51. The van der Waals surface area contributed by atoms with Gasteiger partial charge in [0.2, 0.25) is 0 Å². The third-order valence-electron chi connectivity index (χ3n) is 5.78. The molecule has 182 valence electrons. The zero-order valence-electron chi connectivity index (χ0n) is 21.9. The molecule has 0 unspecified atom stereocenters. The lowest BCUT2D eigenvalue weighted by atomic mass is 9.87. The number of anilines is 1. The predicted molar refractivity (Wildman–Crippen MR) is 142 cm³/mol. The molecule has 0 atom stereocenters. The van der Waals surface area contributed by atoms with Crippen LogP contribution in [-0.4, -0.2) is 36.5 Å². The highest BCUT2D eigenvalue weighted by Gasteiger charge is 2.18. The topological polar surface area (TPSA) is 62.9 Å². The van der Waals surface area contributed by atoms with E-state index >= 15 is 0 Å². The fourth-order valence-electron chi connectivity index (χ4n) is 3.35. The molecule has 0 radical (unpaired) electrons. The molecule has 3 N–H and O–H groups in total. The van der Waals surface area contributed by atoms with Crippen molar-refractivity contribution in [3.63, 3.8) is 0 Å². The normalized spacial score (nSPS) is 12.7. The molecule has 0 aliphatic carbocycles. The van der Waals surface area contributed by atoms with E-state index < -0.39 is 0 Å². The summed E-state index contributed by atoms with van der Waals surface area (Å²) in [5.41, 5.74) is 9.52. The third kappa shape index (κ3) is 8.39. The fraction of sp³-hybridized carbons (Fsp3) is 0.536. The largest absolute Gasteiger partial charge is 0.489 e. The van der Waals surface area contributed by atoms with Gasteiger partial charge in [0.1, 0.15) is 12.4 Å². The molecular weight excluding hydrogens is 408 g/mol. The van der Waals surface area contributed by atoms with Gasteiger partial charge in [-0.1, -0.05) is 58.9 Å². The Labute approximate surface area is 201 Å². The van der Waals surface area contributed by atoms with E-state index in [0.717, 1.165) is 29.5 Å². The minimum absolute atomic E-state index is 0.0356. The maximum Gasteiger partial charge on any atom is 0.198 e. The standard InChI is InChI=1S/C28H44N4O/c1-9-32(21(2)3)26(30-20-28(7,8)19-29)31-24-14-16-25(17-15-24)33-18-22-10-12-23(13-11-22)27(4,5)6/h10-17,21H,9,18-20,29H2,1-8H3,(H,30,31). The Morgan fingerprint density at radius 1 is 1.00 bits per heavy atom. The molecule has 0 aliphatic heterocycles. The van der Waals surface area contributed by atoms with Gasteiger partial charge in [0, 0.05) is 24.8 Å². The van der Waals surface area contributed by atoms with E-state index in [4.69, 9.17) is 15.5 Å². The van der Waals surface area contributed by atoms with Crippen molar-refractivity contribution in [1.82, 2.24) is 4.90 Å². The van der Waals surface area contributed by atoms with Gasteiger partial charge in [-0.2, -0.15) is 0 Å². The first-order valence-corrected chi connectivity index (χ1v) is 12.1. The summed E-state index contributed by atoms with van der Waals surface area (Å²) < 4.78 is 6.01. The van der Waals surface area contributed by atoms with E-state index in [1.54, 1.807) is 0 Å². The molecular formula is C28H44N4O. The van der Waals surface area contributed by atoms with Crippen LogP contribution in [0.1, 0.15) is 66.5 Å². The first-order valence-electron chi connectivity index (χ1n) is 12.1. The first kappa shape index (κ1) is 26.7. The van der Waals surface area contributed by atoms with Crippen LogP contribution in [0, 0.1) is 5.41 Å². The first-order chi connectivity index (χ1) is 15.4. The molecule has 5 heteroatoms. The van der Waals surface area contributed by atoms with E-state index in [1.807, 2.05) is 24.3 Å². The highest BCUT2D eigenvalue weighted by Crippen LogP contribution is 2.23. The average molecular weight is 453 g/mol. The van der Waals surface area contributed by atoms with Crippen LogP contribution in [0.2, 0.25) is 0 Å². The Kier molecular flexibility index (Phi) is 9.35. The van der Waals surface area contributed by atoms with Crippen molar-refractivity contribution >= 4 is 11.6 Å². The Balaban J connectivity index is 2.06. The second kappa shape index (κ2) is 11.6. The van der Waals surface area contributed by atoms with E-state index in [2.05, 4.69) is 89.9 Å². The number of benzene rings is 2. The predicted octanol–water partition coefficient (Wildman–Crippen LogP) is 6.05. The minimum Gasteiger partial charge on any atom is -0.489 e. The molecule has 33 heavy (non-hydrogen) atoms. The van der Waals surface area contributed by atoms with Crippen molar-refractivity contribution in [3.8, 4) is 5.75 Å². The van der Waals surface area contributed by atoms with Gasteiger partial charge in [0.05, 0.1) is 0 Å². The molecule has 0 fully saturated rings. The van der Waals surface area contributed by atoms with Crippen molar-refractivity contribution in [1.29, 1.82) is 0 Å². The van der Waals surface area contributed by atoms with Gasteiger partial charge >= 0.3 is 0 Å². The van der Waals surface area contributed by atoms with Crippen LogP contribution in [0.15, 0.2) is 53.5 Å². The average Bonchev–Trinajstić information content (AvgIpc) is 2.77. The second-order valence-corrected chi connectivity index (χ2v) is 10.8. The SMILES string of the molecule is CCN(C(=NCC(C)(C)CN)Nc1ccc(OCc2ccc(C(C)(C)C)cc2)cc1)C(C)C. The summed E-state index contributed by atoms with van der Waals surface area (Å²) in [4.78, 5) is 7.16. The molecule has 0 spiro atoms.